The van der Waals surface area contributed by atoms with Crippen molar-refractivity contribution >= 4 is 23.1 Å². The molecule has 0 aliphatic carbocycles. The molecule has 3 aromatic rings. The van der Waals surface area contributed by atoms with Gasteiger partial charge >= 0.3 is 0 Å². The Bertz CT molecular complexity index is 1160. The molecule has 0 bridgehead atoms. The molecule has 1 unspecified atom stereocenters. The summed E-state index contributed by atoms with van der Waals surface area (Å²) in [5.41, 5.74) is 4.36. The summed E-state index contributed by atoms with van der Waals surface area (Å²) in [5.74, 6) is -0.245. The van der Waals surface area contributed by atoms with Crippen molar-refractivity contribution in [3.63, 3.8) is 0 Å². The van der Waals surface area contributed by atoms with Crippen LogP contribution in [0, 0.1) is 25.2 Å². The number of anilines is 1. The maximum Gasteiger partial charge on any atom is 0.249 e. The number of aromatic nitrogens is 3. The highest BCUT2D eigenvalue weighted by molar-refractivity contribution is 6.01. The highest BCUT2D eigenvalue weighted by atomic mass is 16.2. The summed E-state index contributed by atoms with van der Waals surface area (Å²) in [6, 6.07) is 11.1. The van der Waals surface area contributed by atoms with E-state index in [0.29, 0.717) is 30.6 Å². The summed E-state index contributed by atoms with van der Waals surface area (Å²) in [4.78, 5) is 31.4. The molecule has 152 valence electrons. The molecule has 0 spiro atoms. The number of carbonyl (C=O) groups is 2. The summed E-state index contributed by atoms with van der Waals surface area (Å²) >= 11 is 0. The van der Waals surface area contributed by atoms with Gasteiger partial charge in [0.1, 0.15) is 17.7 Å². The zero-order chi connectivity index (χ0) is 21.3. The number of nitriles is 1. The van der Waals surface area contributed by atoms with Crippen molar-refractivity contribution in [1.29, 1.82) is 5.26 Å². The maximum absolute atomic E-state index is 12.7. The number of fused-ring (bicyclic) bond motifs is 1. The number of amides is 2. The predicted octanol–water partition coefficient (Wildman–Crippen LogP) is 2.07. The van der Waals surface area contributed by atoms with E-state index in [9.17, 15) is 14.9 Å². The maximum atomic E-state index is 12.7. The van der Waals surface area contributed by atoms with Gasteiger partial charge in [-0.15, -0.1) is 0 Å². The monoisotopic (exact) mass is 402 g/mol. The summed E-state index contributed by atoms with van der Waals surface area (Å²) < 4.78 is 1.64. The normalized spacial score (nSPS) is 16.1. The van der Waals surface area contributed by atoms with Gasteiger partial charge in [-0.05, 0) is 44.4 Å². The lowest BCUT2D eigenvalue weighted by molar-refractivity contribution is -0.126. The fourth-order valence-corrected chi connectivity index (χ4v) is 3.93. The second kappa shape index (κ2) is 7.95. The number of rotatable bonds is 5. The van der Waals surface area contributed by atoms with Gasteiger partial charge in [0.05, 0.1) is 6.20 Å². The lowest BCUT2D eigenvalue weighted by Gasteiger charge is -2.17. The number of benzene rings is 1. The number of aryl methyl sites for hydroxylation is 2. The first-order valence-corrected chi connectivity index (χ1v) is 9.89. The standard InChI is InChI=1S/C22H22N6O2/c1-14-18(15(2)28-21(25-14)16(12-23)13-24-28)8-9-20(29)26-19-10-11-27(22(19)30)17-6-4-3-5-7-17/h3-7,13,19H,8-11H2,1-2H3,(H,26,29). The molecular weight excluding hydrogens is 380 g/mol. The van der Waals surface area contributed by atoms with E-state index in [1.807, 2.05) is 44.2 Å². The molecule has 1 aliphatic rings. The topological polar surface area (TPSA) is 103 Å². The molecule has 30 heavy (non-hydrogen) atoms. The number of nitrogens with zero attached hydrogens (tertiary/aromatic N) is 5. The van der Waals surface area contributed by atoms with Gasteiger partial charge in [0, 0.05) is 30.0 Å². The first kappa shape index (κ1) is 19.6. The molecule has 0 saturated carbocycles. The highest BCUT2D eigenvalue weighted by Crippen LogP contribution is 2.22. The van der Waals surface area contributed by atoms with E-state index in [4.69, 9.17) is 0 Å². The Morgan fingerprint density at radius 1 is 1.30 bits per heavy atom. The van der Waals surface area contributed by atoms with Crippen molar-refractivity contribution in [3.8, 4) is 6.07 Å². The molecule has 1 aliphatic heterocycles. The average Bonchev–Trinajstić information content (AvgIpc) is 3.32. The third-order valence-corrected chi connectivity index (χ3v) is 5.54. The number of hydrogen-bond acceptors (Lipinski definition) is 5. The van der Waals surface area contributed by atoms with E-state index >= 15 is 0 Å². The number of para-hydroxylation sites is 1. The number of carbonyl (C=O) groups excluding carboxylic acids is 2. The smallest absolute Gasteiger partial charge is 0.249 e. The molecule has 1 atom stereocenters. The minimum absolute atomic E-state index is 0.0782. The van der Waals surface area contributed by atoms with Crippen LogP contribution in [0.25, 0.3) is 5.65 Å². The van der Waals surface area contributed by atoms with Crippen molar-refractivity contribution in [2.24, 2.45) is 0 Å². The number of nitrogens with one attached hydrogen (secondary N) is 1. The van der Waals surface area contributed by atoms with Gasteiger partial charge in [-0.1, -0.05) is 18.2 Å². The highest BCUT2D eigenvalue weighted by Gasteiger charge is 2.33. The molecule has 1 saturated heterocycles. The lowest BCUT2D eigenvalue weighted by atomic mass is 10.1. The summed E-state index contributed by atoms with van der Waals surface area (Å²) in [5, 5.41) is 16.3. The van der Waals surface area contributed by atoms with Crippen LogP contribution in [0.4, 0.5) is 5.69 Å². The minimum atomic E-state index is -0.496. The molecule has 8 nitrogen and oxygen atoms in total. The zero-order valence-corrected chi connectivity index (χ0v) is 16.9. The summed E-state index contributed by atoms with van der Waals surface area (Å²) in [6.45, 7) is 4.36. The second-order valence-electron chi connectivity index (χ2n) is 7.40. The Morgan fingerprint density at radius 3 is 2.80 bits per heavy atom. The van der Waals surface area contributed by atoms with Gasteiger partial charge in [-0.3, -0.25) is 9.59 Å². The van der Waals surface area contributed by atoms with Crippen LogP contribution < -0.4 is 10.2 Å². The van der Waals surface area contributed by atoms with E-state index < -0.39 is 6.04 Å². The second-order valence-corrected chi connectivity index (χ2v) is 7.40. The van der Waals surface area contributed by atoms with Crippen LogP contribution in [0.15, 0.2) is 36.5 Å². The first-order valence-electron chi connectivity index (χ1n) is 9.89. The Labute approximate surface area is 174 Å². The van der Waals surface area contributed by atoms with Gasteiger partial charge < -0.3 is 10.2 Å². The molecule has 1 aromatic carbocycles. The van der Waals surface area contributed by atoms with E-state index in [1.54, 1.807) is 9.42 Å². The fourth-order valence-electron chi connectivity index (χ4n) is 3.93. The van der Waals surface area contributed by atoms with Crippen molar-refractivity contribution in [2.45, 2.75) is 39.2 Å². The fraction of sp³-hybridized carbons (Fsp3) is 0.318. The molecular formula is C22H22N6O2. The largest absolute Gasteiger partial charge is 0.344 e. The van der Waals surface area contributed by atoms with Crippen molar-refractivity contribution < 1.29 is 9.59 Å². The Kier molecular flexibility index (Phi) is 5.19. The molecule has 0 radical (unpaired) electrons. The van der Waals surface area contributed by atoms with Crippen molar-refractivity contribution in [1.82, 2.24) is 19.9 Å². The van der Waals surface area contributed by atoms with Crippen LogP contribution in [0.1, 0.15) is 35.4 Å². The van der Waals surface area contributed by atoms with Gasteiger partial charge in [-0.25, -0.2) is 9.50 Å². The molecule has 1 fully saturated rings. The van der Waals surface area contributed by atoms with Gasteiger partial charge in [-0.2, -0.15) is 10.4 Å². The molecule has 8 heteroatoms. The summed E-state index contributed by atoms with van der Waals surface area (Å²) in [7, 11) is 0. The third kappa shape index (κ3) is 3.50. The SMILES string of the molecule is Cc1nc2c(C#N)cnn2c(C)c1CCC(=O)NC1CCN(c2ccccc2)C1=O. The van der Waals surface area contributed by atoms with Crippen LogP contribution in [-0.4, -0.2) is 39.0 Å². The Balaban J connectivity index is 1.41. The van der Waals surface area contributed by atoms with Crippen LogP contribution in [0.5, 0.6) is 0 Å². The predicted molar refractivity (Wildman–Crippen MR) is 111 cm³/mol. The molecule has 4 rings (SSSR count). The van der Waals surface area contributed by atoms with E-state index in [2.05, 4.69) is 21.5 Å². The Hall–Kier alpha value is -3.73. The van der Waals surface area contributed by atoms with Crippen LogP contribution >= 0.6 is 0 Å². The molecule has 3 heterocycles. The lowest BCUT2D eigenvalue weighted by Crippen LogP contribution is -2.41. The summed E-state index contributed by atoms with van der Waals surface area (Å²) in [6.07, 6.45) is 2.82. The van der Waals surface area contributed by atoms with Gasteiger partial charge in [0.2, 0.25) is 11.8 Å². The molecule has 1 N–H and O–H groups in total. The number of hydrogen-bond donors (Lipinski definition) is 1. The van der Waals surface area contributed by atoms with Gasteiger partial charge in [0.25, 0.3) is 0 Å². The quantitative estimate of drug-likeness (QED) is 0.704. The van der Waals surface area contributed by atoms with E-state index in [0.717, 1.165) is 22.6 Å². The Morgan fingerprint density at radius 2 is 2.07 bits per heavy atom. The molecule has 2 amide bonds. The van der Waals surface area contributed by atoms with Gasteiger partial charge in [0.15, 0.2) is 5.65 Å². The van der Waals surface area contributed by atoms with Crippen LogP contribution in [0.2, 0.25) is 0 Å². The molecule has 2 aromatic heterocycles. The average molecular weight is 402 g/mol. The van der Waals surface area contributed by atoms with E-state index in [1.165, 1.54) is 6.20 Å². The van der Waals surface area contributed by atoms with Crippen molar-refractivity contribution in [2.75, 3.05) is 11.4 Å². The zero-order valence-electron chi connectivity index (χ0n) is 16.9. The van der Waals surface area contributed by atoms with Crippen LogP contribution in [0.3, 0.4) is 0 Å². The minimum Gasteiger partial charge on any atom is -0.344 e. The van der Waals surface area contributed by atoms with Crippen LogP contribution in [-0.2, 0) is 16.0 Å². The van der Waals surface area contributed by atoms with E-state index in [-0.39, 0.29) is 18.2 Å². The van der Waals surface area contributed by atoms with Crippen molar-refractivity contribution in [3.05, 3.63) is 59.0 Å². The first-order chi connectivity index (χ1) is 14.5. The third-order valence-electron chi connectivity index (χ3n) is 5.54.